The van der Waals surface area contributed by atoms with E-state index in [1.807, 2.05) is 12.1 Å². The van der Waals surface area contributed by atoms with Crippen LogP contribution in [0.25, 0.3) is 0 Å². The van der Waals surface area contributed by atoms with Gasteiger partial charge in [0, 0.05) is 13.1 Å². The maximum Gasteiger partial charge on any atom is 0.253 e. The van der Waals surface area contributed by atoms with Crippen LogP contribution in [0.4, 0.5) is 0 Å². The Hall–Kier alpha value is -0.950. The van der Waals surface area contributed by atoms with Crippen molar-refractivity contribution < 1.29 is 13.2 Å². The van der Waals surface area contributed by atoms with Gasteiger partial charge < -0.3 is 4.74 Å². The van der Waals surface area contributed by atoms with Crippen molar-refractivity contribution in [3.8, 4) is 0 Å². The highest BCUT2D eigenvalue weighted by Gasteiger charge is 2.19. The van der Waals surface area contributed by atoms with Crippen molar-refractivity contribution in [2.24, 2.45) is 0 Å². The van der Waals surface area contributed by atoms with Crippen molar-refractivity contribution in [1.82, 2.24) is 9.84 Å². The molecule has 1 N–H and O–H groups in total. The number of ether oxygens (including phenoxy) is 1. The van der Waals surface area contributed by atoms with E-state index in [1.54, 1.807) is 17.1 Å². The molecule has 1 aromatic carbocycles. The van der Waals surface area contributed by atoms with E-state index in [1.165, 1.54) is 5.56 Å². The first kappa shape index (κ1) is 15.4. The number of aryl methyl sites for hydroxylation is 1. The lowest BCUT2D eigenvalue weighted by Gasteiger charge is -2.26. The summed E-state index contributed by atoms with van der Waals surface area (Å²) in [7, 11) is -3.48. The molecule has 0 bridgehead atoms. The minimum atomic E-state index is -3.48. The van der Waals surface area contributed by atoms with Crippen molar-refractivity contribution in [2.45, 2.75) is 31.1 Å². The van der Waals surface area contributed by atoms with Crippen LogP contribution in [0.15, 0.2) is 29.2 Å². The number of hydrazine groups is 1. The summed E-state index contributed by atoms with van der Waals surface area (Å²) in [5, 5.41) is 1.68. The molecule has 1 aliphatic rings. The van der Waals surface area contributed by atoms with Gasteiger partial charge in [0.2, 0.25) is 0 Å². The zero-order valence-electron chi connectivity index (χ0n) is 11.8. The zero-order chi connectivity index (χ0) is 14.4. The highest BCUT2D eigenvalue weighted by molar-refractivity contribution is 7.89. The summed E-state index contributed by atoms with van der Waals surface area (Å²) in [6.07, 6.45) is 3.25. The molecular weight excluding hydrogens is 276 g/mol. The fourth-order valence-corrected chi connectivity index (χ4v) is 3.22. The lowest BCUT2D eigenvalue weighted by Crippen LogP contribution is -2.48. The number of hydrogen-bond acceptors (Lipinski definition) is 4. The summed E-state index contributed by atoms with van der Waals surface area (Å²) in [6, 6.07) is 7.13. The Morgan fingerprint density at radius 1 is 1.20 bits per heavy atom. The predicted molar refractivity (Wildman–Crippen MR) is 77.8 cm³/mol. The van der Waals surface area contributed by atoms with Crippen LogP contribution in [0.1, 0.15) is 25.3 Å². The monoisotopic (exact) mass is 298 g/mol. The Labute approximate surface area is 120 Å². The van der Waals surface area contributed by atoms with Gasteiger partial charge in [-0.2, -0.15) is 0 Å². The van der Waals surface area contributed by atoms with Crippen molar-refractivity contribution in [2.75, 3.05) is 26.3 Å². The minimum absolute atomic E-state index is 0.309. The molecule has 1 heterocycles. The van der Waals surface area contributed by atoms with Crippen LogP contribution in [-0.2, 0) is 21.2 Å². The standard InChI is InChI=1S/C14H22N2O3S/c1-2-3-4-13-5-7-14(8-6-13)20(17,18)15-16-9-11-19-12-10-16/h5-8,15H,2-4,9-12H2,1H3. The molecule has 1 fully saturated rings. The smallest absolute Gasteiger partial charge is 0.253 e. The lowest BCUT2D eigenvalue weighted by molar-refractivity contribution is 0.0272. The molecule has 1 saturated heterocycles. The topological polar surface area (TPSA) is 58.6 Å². The third-order valence-electron chi connectivity index (χ3n) is 3.31. The van der Waals surface area contributed by atoms with Crippen molar-refractivity contribution in [3.63, 3.8) is 0 Å². The first-order valence-corrected chi connectivity index (χ1v) is 8.54. The minimum Gasteiger partial charge on any atom is -0.379 e. The molecule has 0 amide bonds. The number of nitrogens with one attached hydrogen (secondary N) is 1. The second kappa shape index (κ2) is 7.17. The number of nitrogens with zero attached hydrogens (tertiary/aromatic N) is 1. The van der Waals surface area contributed by atoms with Crippen LogP contribution in [-0.4, -0.2) is 39.7 Å². The van der Waals surface area contributed by atoms with E-state index >= 15 is 0 Å². The average molecular weight is 298 g/mol. The molecule has 1 aromatic rings. The third kappa shape index (κ3) is 4.28. The van der Waals surface area contributed by atoms with Gasteiger partial charge in [-0.05, 0) is 30.5 Å². The molecule has 0 saturated carbocycles. The molecule has 6 heteroatoms. The van der Waals surface area contributed by atoms with E-state index in [4.69, 9.17) is 4.74 Å². The molecule has 0 atom stereocenters. The second-order valence-corrected chi connectivity index (χ2v) is 6.60. The Morgan fingerprint density at radius 2 is 1.85 bits per heavy atom. The molecule has 0 spiro atoms. The Bertz CT molecular complexity index is 508. The van der Waals surface area contributed by atoms with Gasteiger partial charge in [-0.25, -0.2) is 13.4 Å². The third-order valence-corrected chi connectivity index (χ3v) is 4.70. The molecule has 1 aliphatic heterocycles. The van der Waals surface area contributed by atoms with Gasteiger partial charge in [0.15, 0.2) is 0 Å². The van der Waals surface area contributed by atoms with E-state index in [0.29, 0.717) is 31.2 Å². The van der Waals surface area contributed by atoms with Crippen molar-refractivity contribution in [1.29, 1.82) is 0 Å². The van der Waals surface area contributed by atoms with Crippen molar-refractivity contribution >= 4 is 10.0 Å². The van der Waals surface area contributed by atoms with E-state index < -0.39 is 10.0 Å². The summed E-state index contributed by atoms with van der Waals surface area (Å²) in [5.74, 6) is 0. The number of unbranched alkanes of at least 4 members (excludes halogenated alkanes) is 1. The van der Waals surface area contributed by atoms with E-state index in [-0.39, 0.29) is 0 Å². The summed E-state index contributed by atoms with van der Waals surface area (Å²) >= 11 is 0. The summed E-state index contributed by atoms with van der Waals surface area (Å²) in [5.41, 5.74) is 1.18. The number of sulfonamides is 1. The maximum absolute atomic E-state index is 12.2. The van der Waals surface area contributed by atoms with Gasteiger partial charge in [-0.3, -0.25) is 0 Å². The fraction of sp³-hybridized carbons (Fsp3) is 0.571. The maximum atomic E-state index is 12.2. The SMILES string of the molecule is CCCCc1ccc(S(=O)(=O)NN2CCOCC2)cc1. The molecule has 2 rings (SSSR count). The summed E-state index contributed by atoms with van der Waals surface area (Å²) < 4.78 is 29.7. The van der Waals surface area contributed by atoms with Gasteiger partial charge in [-0.15, -0.1) is 4.83 Å². The molecular formula is C14H22N2O3S. The molecule has 0 radical (unpaired) electrons. The molecule has 0 aromatic heterocycles. The van der Waals surface area contributed by atoms with E-state index in [9.17, 15) is 8.42 Å². The van der Waals surface area contributed by atoms with Gasteiger partial charge in [0.05, 0.1) is 18.1 Å². The van der Waals surface area contributed by atoms with Crippen LogP contribution in [0.2, 0.25) is 0 Å². The van der Waals surface area contributed by atoms with Crippen LogP contribution < -0.4 is 4.83 Å². The summed E-state index contributed by atoms with van der Waals surface area (Å²) in [4.78, 5) is 2.91. The number of hydrogen-bond donors (Lipinski definition) is 1. The first-order chi connectivity index (χ1) is 9.62. The Kier molecular flexibility index (Phi) is 5.54. The predicted octanol–water partition coefficient (Wildman–Crippen LogP) is 1.55. The highest BCUT2D eigenvalue weighted by Crippen LogP contribution is 2.13. The molecule has 0 unspecified atom stereocenters. The largest absolute Gasteiger partial charge is 0.379 e. The molecule has 0 aliphatic carbocycles. The van der Waals surface area contributed by atoms with Crippen LogP contribution in [0.5, 0.6) is 0 Å². The van der Waals surface area contributed by atoms with Gasteiger partial charge >= 0.3 is 0 Å². The summed E-state index contributed by atoms with van der Waals surface area (Å²) in [6.45, 7) is 4.41. The number of rotatable bonds is 6. The first-order valence-electron chi connectivity index (χ1n) is 7.06. The Balaban J connectivity index is 2.01. The molecule has 112 valence electrons. The molecule has 20 heavy (non-hydrogen) atoms. The van der Waals surface area contributed by atoms with Crippen LogP contribution in [0.3, 0.4) is 0 Å². The number of benzene rings is 1. The number of morpholine rings is 1. The van der Waals surface area contributed by atoms with Crippen LogP contribution in [0, 0.1) is 0 Å². The normalized spacial score (nSPS) is 17.2. The second-order valence-electron chi connectivity index (χ2n) is 4.94. The van der Waals surface area contributed by atoms with Gasteiger partial charge in [0.1, 0.15) is 0 Å². The van der Waals surface area contributed by atoms with Crippen molar-refractivity contribution in [3.05, 3.63) is 29.8 Å². The van der Waals surface area contributed by atoms with E-state index in [2.05, 4.69) is 11.8 Å². The molecule has 5 nitrogen and oxygen atoms in total. The van der Waals surface area contributed by atoms with E-state index in [0.717, 1.165) is 19.3 Å². The van der Waals surface area contributed by atoms with Gasteiger partial charge in [0.25, 0.3) is 10.0 Å². The zero-order valence-corrected chi connectivity index (χ0v) is 12.7. The van der Waals surface area contributed by atoms with Gasteiger partial charge in [-0.1, -0.05) is 25.5 Å². The fourth-order valence-electron chi connectivity index (χ4n) is 2.09. The quantitative estimate of drug-likeness (QED) is 0.866. The lowest BCUT2D eigenvalue weighted by atomic mass is 10.1. The Morgan fingerprint density at radius 3 is 2.45 bits per heavy atom. The average Bonchev–Trinajstić information content (AvgIpc) is 2.46. The highest BCUT2D eigenvalue weighted by atomic mass is 32.2. The van der Waals surface area contributed by atoms with Crippen LogP contribution >= 0.6 is 0 Å².